The Hall–Kier alpha value is -1.04. The summed E-state index contributed by atoms with van der Waals surface area (Å²) >= 11 is 12.0. The van der Waals surface area contributed by atoms with Gasteiger partial charge in [0, 0.05) is 32.4 Å². The molecular weight excluding hydrogens is 299 g/mol. The monoisotopic (exact) mass is 314 g/mol. The minimum absolute atomic E-state index is 0.0762. The average Bonchev–Trinajstić information content (AvgIpc) is 3.18. The molecule has 0 aromatic carbocycles. The number of carbonyl (C=O) groups excluding carboxylic acids is 1. The smallest absolute Gasteiger partial charge is 0.242 e. The Morgan fingerprint density at radius 2 is 1.90 bits per heavy atom. The third kappa shape index (κ3) is 2.57. The number of pyridine rings is 1. The van der Waals surface area contributed by atoms with Crippen LogP contribution in [0.3, 0.4) is 0 Å². The molecule has 20 heavy (non-hydrogen) atoms. The zero-order chi connectivity index (χ0) is 14.3. The summed E-state index contributed by atoms with van der Waals surface area (Å²) in [6.07, 6.45) is 3.19. The van der Waals surface area contributed by atoms with Gasteiger partial charge < -0.3 is 15.5 Å². The highest BCUT2D eigenvalue weighted by molar-refractivity contribution is 6.36. The topological polar surface area (TPSA) is 62.5 Å². The second-order valence-corrected chi connectivity index (χ2v) is 6.24. The van der Waals surface area contributed by atoms with E-state index in [1.807, 2.05) is 4.90 Å². The Labute approximate surface area is 127 Å². The normalized spacial score (nSPS) is 20.9. The van der Waals surface area contributed by atoms with Crippen LogP contribution >= 0.6 is 23.2 Å². The molecule has 7 heteroatoms. The quantitative estimate of drug-likeness (QED) is 0.899. The molecule has 0 radical (unpaired) electrons. The van der Waals surface area contributed by atoms with Crippen molar-refractivity contribution in [2.75, 3.05) is 31.1 Å². The average molecular weight is 315 g/mol. The van der Waals surface area contributed by atoms with E-state index in [1.165, 1.54) is 0 Å². The summed E-state index contributed by atoms with van der Waals surface area (Å²) < 4.78 is 0. The van der Waals surface area contributed by atoms with E-state index >= 15 is 0 Å². The third-order valence-electron chi connectivity index (χ3n) is 3.87. The Kier molecular flexibility index (Phi) is 3.52. The van der Waals surface area contributed by atoms with E-state index in [-0.39, 0.29) is 5.91 Å². The fraction of sp³-hybridized carbons (Fsp3) is 0.538. The Bertz CT molecular complexity index is 539. The first kappa shape index (κ1) is 13.9. The van der Waals surface area contributed by atoms with Crippen LogP contribution in [0.25, 0.3) is 0 Å². The van der Waals surface area contributed by atoms with Crippen molar-refractivity contribution < 1.29 is 4.79 Å². The molecule has 1 saturated heterocycles. The van der Waals surface area contributed by atoms with Crippen LogP contribution < -0.4 is 10.6 Å². The number of anilines is 1. The van der Waals surface area contributed by atoms with Gasteiger partial charge in [-0.3, -0.25) is 4.79 Å². The van der Waals surface area contributed by atoms with Gasteiger partial charge in [0.15, 0.2) is 0 Å². The lowest BCUT2D eigenvalue weighted by Crippen LogP contribution is -2.54. The van der Waals surface area contributed by atoms with E-state index in [9.17, 15) is 4.79 Å². The number of halogens is 2. The molecule has 1 aliphatic carbocycles. The van der Waals surface area contributed by atoms with E-state index in [0.717, 1.165) is 18.7 Å². The third-order valence-corrected chi connectivity index (χ3v) is 4.35. The predicted octanol–water partition coefficient (Wildman–Crippen LogP) is 1.53. The maximum atomic E-state index is 12.2. The lowest BCUT2D eigenvalue weighted by molar-refractivity contribution is -0.133. The van der Waals surface area contributed by atoms with Gasteiger partial charge in [-0.2, -0.15) is 0 Å². The Morgan fingerprint density at radius 1 is 1.25 bits per heavy atom. The molecule has 3 rings (SSSR count). The maximum Gasteiger partial charge on any atom is 0.242 e. The van der Waals surface area contributed by atoms with E-state index in [1.54, 1.807) is 12.3 Å². The van der Waals surface area contributed by atoms with Gasteiger partial charge in [-0.1, -0.05) is 23.2 Å². The van der Waals surface area contributed by atoms with E-state index in [4.69, 9.17) is 28.9 Å². The molecule has 0 atom stereocenters. The van der Waals surface area contributed by atoms with Crippen molar-refractivity contribution in [3.63, 3.8) is 0 Å². The summed E-state index contributed by atoms with van der Waals surface area (Å²) in [6.45, 7) is 2.71. The van der Waals surface area contributed by atoms with Crippen molar-refractivity contribution in [2.45, 2.75) is 18.4 Å². The summed E-state index contributed by atoms with van der Waals surface area (Å²) in [6, 6.07) is 1.68. The Morgan fingerprint density at radius 3 is 2.45 bits per heavy atom. The number of amides is 1. The Balaban J connectivity index is 1.65. The number of piperazine rings is 1. The molecule has 2 heterocycles. The molecule has 1 aromatic rings. The molecule has 1 amide bonds. The first-order valence-corrected chi connectivity index (χ1v) is 7.39. The van der Waals surface area contributed by atoms with Crippen molar-refractivity contribution in [1.29, 1.82) is 0 Å². The fourth-order valence-corrected chi connectivity index (χ4v) is 2.92. The van der Waals surface area contributed by atoms with Crippen LogP contribution in [-0.4, -0.2) is 47.5 Å². The summed E-state index contributed by atoms with van der Waals surface area (Å²) in [5.74, 6) is 0.796. The molecule has 0 unspecified atom stereocenters. The number of nitrogens with two attached hydrogens (primary N) is 1. The van der Waals surface area contributed by atoms with Crippen molar-refractivity contribution in [2.24, 2.45) is 5.73 Å². The van der Waals surface area contributed by atoms with Gasteiger partial charge in [0.1, 0.15) is 5.82 Å². The minimum atomic E-state index is -0.585. The van der Waals surface area contributed by atoms with Crippen LogP contribution in [0, 0.1) is 0 Å². The lowest BCUT2D eigenvalue weighted by atomic mass is 10.2. The molecule has 0 spiro atoms. The second-order valence-electron chi connectivity index (χ2n) is 5.39. The molecule has 1 saturated carbocycles. The van der Waals surface area contributed by atoms with Crippen LogP contribution in [0.15, 0.2) is 12.3 Å². The first-order chi connectivity index (χ1) is 9.49. The zero-order valence-corrected chi connectivity index (χ0v) is 12.5. The molecule has 1 aliphatic heterocycles. The van der Waals surface area contributed by atoms with Crippen LogP contribution in [0.2, 0.25) is 10.0 Å². The van der Waals surface area contributed by atoms with Crippen molar-refractivity contribution in [3.8, 4) is 0 Å². The van der Waals surface area contributed by atoms with Gasteiger partial charge >= 0.3 is 0 Å². The summed E-state index contributed by atoms with van der Waals surface area (Å²) in [5.41, 5.74) is 5.37. The highest BCUT2D eigenvalue weighted by atomic mass is 35.5. The summed E-state index contributed by atoms with van der Waals surface area (Å²) in [4.78, 5) is 20.3. The lowest BCUT2D eigenvalue weighted by Gasteiger charge is -2.36. The SMILES string of the molecule is NC1(C(=O)N2CCN(c3ncc(Cl)cc3Cl)CC2)CC1. The molecular formula is C13H16Cl2N4O. The van der Waals surface area contributed by atoms with Crippen molar-refractivity contribution >= 4 is 34.9 Å². The maximum absolute atomic E-state index is 12.2. The minimum Gasteiger partial charge on any atom is -0.352 e. The molecule has 0 bridgehead atoms. The summed E-state index contributed by atoms with van der Waals surface area (Å²) in [5, 5.41) is 1.06. The van der Waals surface area contributed by atoms with Gasteiger partial charge in [0.2, 0.25) is 5.91 Å². The standard InChI is InChI=1S/C13H16Cl2N4O/c14-9-7-10(15)11(17-8-9)18-3-5-19(6-4-18)12(20)13(16)1-2-13/h7-8H,1-6,16H2. The van der Waals surface area contributed by atoms with E-state index in [2.05, 4.69) is 9.88 Å². The second kappa shape index (κ2) is 5.06. The number of hydrogen-bond acceptors (Lipinski definition) is 4. The number of nitrogens with zero attached hydrogens (tertiary/aromatic N) is 3. The highest BCUT2D eigenvalue weighted by Crippen LogP contribution is 2.34. The zero-order valence-electron chi connectivity index (χ0n) is 11.0. The van der Waals surface area contributed by atoms with Crippen LogP contribution in [0.5, 0.6) is 0 Å². The predicted molar refractivity (Wildman–Crippen MR) is 79.2 cm³/mol. The number of rotatable bonds is 2. The molecule has 2 N–H and O–H groups in total. The van der Waals surface area contributed by atoms with Crippen LogP contribution in [-0.2, 0) is 4.79 Å². The van der Waals surface area contributed by atoms with E-state index in [0.29, 0.717) is 36.2 Å². The molecule has 5 nitrogen and oxygen atoms in total. The highest BCUT2D eigenvalue weighted by Gasteiger charge is 2.48. The van der Waals surface area contributed by atoms with E-state index < -0.39 is 5.54 Å². The van der Waals surface area contributed by atoms with Gasteiger partial charge in [0.25, 0.3) is 0 Å². The van der Waals surface area contributed by atoms with Gasteiger partial charge in [-0.25, -0.2) is 4.98 Å². The van der Waals surface area contributed by atoms with Gasteiger partial charge in [-0.15, -0.1) is 0 Å². The van der Waals surface area contributed by atoms with Crippen LogP contribution in [0.4, 0.5) is 5.82 Å². The molecule has 1 aromatic heterocycles. The molecule has 2 fully saturated rings. The van der Waals surface area contributed by atoms with Gasteiger partial charge in [-0.05, 0) is 18.9 Å². The number of hydrogen-bond donors (Lipinski definition) is 1. The van der Waals surface area contributed by atoms with Crippen molar-refractivity contribution in [3.05, 3.63) is 22.3 Å². The number of carbonyl (C=O) groups is 1. The molecule has 2 aliphatic rings. The number of aromatic nitrogens is 1. The van der Waals surface area contributed by atoms with Crippen molar-refractivity contribution in [1.82, 2.24) is 9.88 Å². The van der Waals surface area contributed by atoms with Crippen LogP contribution in [0.1, 0.15) is 12.8 Å². The first-order valence-electron chi connectivity index (χ1n) is 6.64. The summed E-state index contributed by atoms with van der Waals surface area (Å²) in [7, 11) is 0. The fourth-order valence-electron chi connectivity index (χ4n) is 2.42. The molecule has 108 valence electrons. The largest absolute Gasteiger partial charge is 0.352 e. The van der Waals surface area contributed by atoms with Gasteiger partial charge in [0.05, 0.1) is 15.6 Å².